The van der Waals surface area contributed by atoms with E-state index in [4.69, 9.17) is 4.74 Å². The predicted octanol–water partition coefficient (Wildman–Crippen LogP) is 6.10. The van der Waals surface area contributed by atoms with Crippen LogP contribution in [0.2, 0.25) is 0 Å². The molecule has 0 bridgehead atoms. The monoisotopic (exact) mass is 382 g/mol. The van der Waals surface area contributed by atoms with Gasteiger partial charge in [0.1, 0.15) is 5.60 Å². The summed E-state index contributed by atoms with van der Waals surface area (Å²) >= 11 is 0. The number of carbonyl (C=O) groups is 1. The molecule has 1 rings (SSSR count). The molecule has 1 aliphatic heterocycles. The summed E-state index contributed by atoms with van der Waals surface area (Å²) < 4.78 is 5.53. The van der Waals surface area contributed by atoms with Crippen LogP contribution in [0.5, 0.6) is 0 Å². The van der Waals surface area contributed by atoms with Gasteiger partial charge >= 0.3 is 6.09 Å². The summed E-state index contributed by atoms with van der Waals surface area (Å²) in [7, 11) is 0. The normalized spacial score (nSPS) is 17.7. The van der Waals surface area contributed by atoms with Crippen molar-refractivity contribution in [1.29, 1.82) is 0 Å². The first-order valence-electron chi connectivity index (χ1n) is 11.6. The number of unbranched alkanes of at least 4 members (excludes halogenated alkanes) is 7. The van der Waals surface area contributed by atoms with Gasteiger partial charge in [-0.1, -0.05) is 58.8 Å². The molecule has 1 aliphatic rings. The molecule has 1 heterocycles. The number of nitrogens with zero attached hydrogens (tertiary/aromatic N) is 2. The van der Waals surface area contributed by atoms with Crippen molar-refractivity contribution in [3.63, 3.8) is 0 Å². The average Bonchev–Trinajstić information content (AvgIpc) is 3.06. The Morgan fingerprint density at radius 3 is 2.19 bits per heavy atom. The van der Waals surface area contributed by atoms with Crippen LogP contribution in [0.4, 0.5) is 4.79 Å². The van der Waals surface area contributed by atoms with E-state index in [0.29, 0.717) is 5.92 Å². The Morgan fingerprint density at radius 1 is 0.963 bits per heavy atom. The van der Waals surface area contributed by atoms with Gasteiger partial charge in [-0.25, -0.2) is 4.79 Å². The van der Waals surface area contributed by atoms with Crippen molar-refractivity contribution < 1.29 is 9.53 Å². The number of hydrogen-bond acceptors (Lipinski definition) is 3. The Labute approximate surface area is 169 Å². The minimum atomic E-state index is -0.403. The zero-order valence-electron chi connectivity index (χ0n) is 18.9. The molecule has 0 aromatic carbocycles. The largest absolute Gasteiger partial charge is 0.444 e. The topological polar surface area (TPSA) is 32.8 Å². The summed E-state index contributed by atoms with van der Waals surface area (Å²) in [5, 5.41) is 0. The van der Waals surface area contributed by atoms with Crippen molar-refractivity contribution in [2.75, 3.05) is 32.7 Å². The van der Waals surface area contributed by atoms with Crippen molar-refractivity contribution in [3.8, 4) is 0 Å². The molecule has 4 heteroatoms. The summed E-state index contributed by atoms with van der Waals surface area (Å²) in [6.07, 6.45) is 13.1. The van der Waals surface area contributed by atoms with Crippen LogP contribution < -0.4 is 0 Å². The molecule has 4 nitrogen and oxygen atoms in total. The molecule has 1 atom stereocenters. The third-order valence-corrected chi connectivity index (χ3v) is 5.36. The quantitative estimate of drug-likeness (QED) is 0.361. The molecule has 1 fully saturated rings. The Kier molecular flexibility index (Phi) is 12.1. The van der Waals surface area contributed by atoms with E-state index in [0.717, 1.165) is 26.1 Å². The molecule has 0 radical (unpaired) electrons. The van der Waals surface area contributed by atoms with Crippen LogP contribution >= 0.6 is 0 Å². The first kappa shape index (κ1) is 24.3. The Hall–Kier alpha value is -0.770. The van der Waals surface area contributed by atoms with Gasteiger partial charge in [0.05, 0.1) is 0 Å². The summed E-state index contributed by atoms with van der Waals surface area (Å²) in [5.74, 6) is 0.596. The van der Waals surface area contributed by atoms with Crippen molar-refractivity contribution in [2.24, 2.45) is 5.92 Å². The van der Waals surface area contributed by atoms with Crippen LogP contribution in [0.3, 0.4) is 0 Å². The molecule has 160 valence electrons. The molecule has 0 aromatic rings. The highest BCUT2D eigenvalue weighted by Crippen LogP contribution is 2.21. The predicted molar refractivity (Wildman–Crippen MR) is 115 cm³/mol. The molecule has 27 heavy (non-hydrogen) atoms. The minimum absolute atomic E-state index is 0.141. The third kappa shape index (κ3) is 11.6. The summed E-state index contributed by atoms with van der Waals surface area (Å²) in [6.45, 7) is 15.6. The minimum Gasteiger partial charge on any atom is -0.444 e. The first-order valence-corrected chi connectivity index (χ1v) is 11.6. The summed E-state index contributed by atoms with van der Waals surface area (Å²) in [4.78, 5) is 16.8. The SMILES string of the molecule is CCCCCCCCCN(CCCC)CC1CCN(C(=O)OC(C)(C)C)C1. The van der Waals surface area contributed by atoms with Crippen molar-refractivity contribution in [3.05, 3.63) is 0 Å². The Bertz CT molecular complexity index is 392. The highest BCUT2D eigenvalue weighted by Gasteiger charge is 2.30. The van der Waals surface area contributed by atoms with E-state index in [1.807, 2.05) is 25.7 Å². The van der Waals surface area contributed by atoms with E-state index in [1.165, 1.54) is 70.9 Å². The molecule has 0 saturated carbocycles. The lowest BCUT2D eigenvalue weighted by molar-refractivity contribution is 0.0285. The van der Waals surface area contributed by atoms with Crippen LogP contribution in [0, 0.1) is 5.92 Å². The van der Waals surface area contributed by atoms with Gasteiger partial charge in [-0.3, -0.25) is 0 Å². The van der Waals surface area contributed by atoms with E-state index in [2.05, 4.69) is 18.7 Å². The number of hydrogen-bond donors (Lipinski definition) is 0. The van der Waals surface area contributed by atoms with E-state index >= 15 is 0 Å². The second-order valence-electron chi connectivity index (χ2n) is 9.36. The number of ether oxygens (including phenoxy) is 1. The number of carbonyl (C=O) groups excluding carboxylic acids is 1. The second kappa shape index (κ2) is 13.4. The summed E-state index contributed by atoms with van der Waals surface area (Å²) in [5.41, 5.74) is -0.403. The summed E-state index contributed by atoms with van der Waals surface area (Å²) in [6, 6.07) is 0. The van der Waals surface area contributed by atoms with Crippen LogP contribution in [-0.2, 0) is 4.74 Å². The highest BCUT2D eigenvalue weighted by molar-refractivity contribution is 5.68. The fraction of sp³-hybridized carbons (Fsp3) is 0.957. The van der Waals surface area contributed by atoms with Gasteiger partial charge in [-0.15, -0.1) is 0 Å². The zero-order chi connectivity index (χ0) is 20.1. The maximum absolute atomic E-state index is 12.3. The maximum Gasteiger partial charge on any atom is 0.410 e. The van der Waals surface area contributed by atoms with Crippen molar-refractivity contribution in [2.45, 2.75) is 104 Å². The maximum atomic E-state index is 12.3. The third-order valence-electron chi connectivity index (χ3n) is 5.36. The fourth-order valence-corrected chi connectivity index (χ4v) is 3.81. The van der Waals surface area contributed by atoms with Gasteiger partial charge in [0.25, 0.3) is 0 Å². The Morgan fingerprint density at radius 2 is 1.56 bits per heavy atom. The van der Waals surface area contributed by atoms with Crippen LogP contribution in [0.15, 0.2) is 0 Å². The van der Waals surface area contributed by atoms with Gasteiger partial charge in [-0.2, -0.15) is 0 Å². The number of likely N-dealkylation sites (tertiary alicyclic amines) is 1. The average molecular weight is 383 g/mol. The lowest BCUT2D eigenvalue weighted by atomic mass is 10.1. The van der Waals surface area contributed by atoms with Gasteiger partial charge in [0, 0.05) is 19.6 Å². The molecule has 1 saturated heterocycles. The molecule has 0 N–H and O–H groups in total. The molecular formula is C23H46N2O2. The van der Waals surface area contributed by atoms with Gasteiger partial charge in [-0.05, 0) is 59.0 Å². The molecule has 0 aliphatic carbocycles. The fourth-order valence-electron chi connectivity index (χ4n) is 3.81. The van der Waals surface area contributed by atoms with Gasteiger partial charge in [0.15, 0.2) is 0 Å². The Balaban J connectivity index is 2.31. The van der Waals surface area contributed by atoms with Crippen LogP contribution in [0.1, 0.15) is 98.8 Å². The first-order chi connectivity index (χ1) is 12.9. The zero-order valence-corrected chi connectivity index (χ0v) is 18.9. The van der Waals surface area contributed by atoms with E-state index in [-0.39, 0.29) is 6.09 Å². The van der Waals surface area contributed by atoms with Gasteiger partial charge < -0.3 is 14.5 Å². The lowest BCUT2D eigenvalue weighted by Crippen LogP contribution is -2.37. The highest BCUT2D eigenvalue weighted by atomic mass is 16.6. The second-order valence-corrected chi connectivity index (χ2v) is 9.36. The van der Waals surface area contributed by atoms with Crippen LogP contribution in [0.25, 0.3) is 0 Å². The molecule has 0 aromatic heterocycles. The number of amides is 1. The van der Waals surface area contributed by atoms with E-state index in [9.17, 15) is 4.79 Å². The van der Waals surface area contributed by atoms with Crippen molar-refractivity contribution >= 4 is 6.09 Å². The van der Waals surface area contributed by atoms with E-state index < -0.39 is 5.60 Å². The van der Waals surface area contributed by atoms with Crippen LogP contribution in [-0.4, -0.2) is 54.2 Å². The molecule has 0 spiro atoms. The van der Waals surface area contributed by atoms with Crippen molar-refractivity contribution in [1.82, 2.24) is 9.80 Å². The molecule has 1 unspecified atom stereocenters. The lowest BCUT2D eigenvalue weighted by Gasteiger charge is -2.27. The van der Waals surface area contributed by atoms with Gasteiger partial charge in [0.2, 0.25) is 0 Å². The molecular weight excluding hydrogens is 336 g/mol. The molecule has 1 amide bonds. The number of rotatable bonds is 13. The van der Waals surface area contributed by atoms with E-state index in [1.54, 1.807) is 0 Å². The smallest absolute Gasteiger partial charge is 0.410 e. The standard InChI is InChI=1S/C23H46N2O2/c1-6-8-10-11-12-13-14-17-24(16-9-7-2)19-21-15-18-25(20-21)22(26)27-23(3,4)5/h21H,6-20H2,1-5H3.